The number of thiazole rings is 1. The van der Waals surface area contributed by atoms with Crippen molar-refractivity contribution in [3.63, 3.8) is 0 Å². The van der Waals surface area contributed by atoms with Crippen LogP contribution in [0.4, 0.5) is 24.0 Å². The molecule has 9 heteroatoms. The van der Waals surface area contributed by atoms with Gasteiger partial charge < -0.3 is 4.57 Å². The minimum atomic E-state index is -4.59. The average molecular weight is 430 g/mol. The summed E-state index contributed by atoms with van der Waals surface area (Å²) in [6.45, 7) is 3.23. The lowest BCUT2D eigenvalue weighted by Crippen LogP contribution is -2.22. The van der Waals surface area contributed by atoms with Crippen LogP contribution in [0.25, 0.3) is 11.0 Å². The molecular formula is C21H17F3N4OS. The molecule has 0 aliphatic heterocycles. The maximum atomic E-state index is 13.5. The van der Waals surface area contributed by atoms with Gasteiger partial charge in [-0.05, 0) is 36.8 Å². The fourth-order valence-electron chi connectivity index (χ4n) is 3.28. The van der Waals surface area contributed by atoms with Crippen LogP contribution in [-0.2, 0) is 17.5 Å². The number of carbonyl (C=O) groups excluding carboxylic acids is 1. The summed E-state index contributed by atoms with van der Waals surface area (Å²) in [5, 5.41) is 2.07. The number of carbonyl (C=O) groups is 1. The largest absolute Gasteiger partial charge is 0.449 e. The van der Waals surface area contributed by atoms with Crippen molar-refractivity contribution < 1.29 is 18.0 Å². The monoisotopic (exact) mass is 430 g/mol. The SMILES string of the molecule is CC(=O)N(c1cccc(C)c1)c1nc(Cn2c(C(F)(F)F)nc3ccccc32)cs1. The van der Waals surface area contributed by atoms with Crippen LogP contribution in [0.3, 0.4) is 0 Å². The average Bonchev–Trinajstić information content (AvgIpc) is 3.27. The van der Waals surface area contributed by atoms with E-state index in [1.165, 1.54) is 23.2 Å². The van der Waals surface area contributed by atoms with E-state index in [9.17, 15) is 18.0 Å². The Hall–Kier alpha value is -3.20. The van der Waals surface area contributed by atoms with Gasteiger partial charge in [0.2, 0.25) is 11.7 Å². The lowest BCUT2D eigenvalue weighted by Gasteiger charge is -2.18. The molecule has 5 nitrogen and oxygen atoms in total. The highest BCUT2D eigenvalue weighted by molar-refractivity contribution is 7.14. The van der Waals surface area contributed by atoms with Gasteiger partial charge in [0.25, 0.3) is 0 Å². The second-order valence-corrected chi connectivity index (χ2v) is 7.66. The molecule has 0 fully saturated rings. The van der Waals surface area contributed by atoms with E-state index >= 15 is 0 Å². The minimum Gasteiger partial charge on any atom is -0.314 e. The molecule has 0 unspecified atom stereocenters. The molecule has 0 atom stereocenters. The molecule has 1 amide bonds. The number of fused-ring (bicyclic) bond motifs is 1. The van der Waals surface area contributed by atoms with Crippen LogP contribution in [0.5, 0.6) is 0 Å². The molecule has 0 aliphatic carbocycles. The second-order valence-electron chi connectivity index (χ2n) is 6.82. The number of aromatic nitrogens is 3. The van der Waals surface area contributed by atoms with Gasteiger partial charge in [-0.25, -0.2) is 9.97 Å². The fraction of sp³-hybridized carbons (Fsp3) is 0.190. The van der Waals surface area contributed by atoms with E-state index in [1.807, 2.05) is 25.1 Å². The van der Waals surface area contributed by atoms with E-state index in [2.05, 4.69) is 9.97 Å². The first-order valence-corrected chi connectivity index (χ1v) is 9.96. The van der Waals surface area contributed by atoms with Gasteiger partial charge in [0.15, 0.2) is 5.13 Å². The molecule has 0 N–H and O–H groups in total. The first-order chi connectivity index (χ1) is 14.2. The first kappa shape index (κ1) is 20.1. The Morgan fingerprint density at radius 2 is 1.90 bits per heavy atom. The van der Waals surface area contributed by atoms with Gasteiger partial charge in [-0.3, -0.25) is 9.69 Å². The van der Waals surface area contributed by atoms with E-state index in [0.29, 0.717) is 22.0 Å². The molecule has 0 radical (unpaired) electrons. The molecule has 0 saturated heterocycles. The molecule has 0 bridgehead atoms. The zero-order valence-electron chi connectivity index (χ0n) is 16.1. The van der Waals surface area contributed by atoms with E-state index in [-0.39, 0.29) is 18.0 Å². The first-order valence-electron chi connectivity index (χ1n) is 9.08. The lowest BCUT2D eigenvalue weighted by molar-refractivity contribution is -0.146. The number of amides is 1. The molecule has 2 heterocycles. The summed E-state index contributed by atoms with van der Waals surface area (Å²) < 4.78 is 41.7. The molecule has 30 heavy (non-hydrogen) atoms. The van der Waals surface area contributed by atoms with Gasteiger partial charge in [0.05, 0.1) is 29.0 Å². The highest BCUT2D eigenvalue weighted by Gasteiger charge is 2.37. The molecule has 2 aromatic carbocycles. The van der Waals surface area contributed by atoms with Crippen LogP contribution in [0, 0.1) is 6.92 Å². The van der Waals surface area contributed by atoms with Gasteiger partial charge in [-0.1, -0.05) is 24.3 Å². The number of halogens is 3. The number of aryl methyl sites for hydroxylation is 1. The topological polar surface area (TPSA) is 51.0 Å². The van der Waals surface area contributed by atoms with Crippen LogP contribution in [0.15, 0.2) is 53.9 Å². The number of hydrogen-bond donors (Lipinski definition) is 0. The normalized spacial score (nSPS) is 11.8. The van der Waals surface area contributed by atoms with Crippen molar-refractivity contribution >= 4 is 39.1 Å². The van der Waals surface area contributed by atoms with Gasteiger partial charge >= 0.3 is 6.18 Å². The third kappa shape index (κ3) is 3.80. The Bertz CT molecular complexity index is 1230. The minimum absolute atomic E-state index is 0.106. The van der Waals surface area contributed by atoms with E-state index < -0.39 is 12.0 Å². The Kier molecular flexibility index (Phi) is 5.07. The molecule has 2 aromatic heterocycles. The van der Waals surface area contributed by atoms with E-state index in [0.717, 1.165) is 10.1 Å². The molecule has 4 aromatic rings. The van der Waals surface area contributed by atoms with E-state index in [4.69, 9.17) is 0 Å². The molecular weight excluding hydrogens is 413 g/mol. The van der Waals surface area contributed by atoms with Crippen LogP contribution < -0.4 is 4.90 Å². The predicted octanol–water partition coefficient (Wildman–Crippen LogP) is 5.55. The van der Waals surface area contributed by atoms with Crippen molar-refractivity contribution in [2.24, 2.45) is 0 Å². The van der Waals surface area contributed by atoms with Crippen molar-refractivity contribution in [1.82, 2.24) is 14.5 Å². The lowest BCUT2D eigenvalue weighted by atomic mass is 10.2. The Balaban J connectivity index is 1.73. The highest BCUT2D eigenvalue weighted by Crippen LogP contribution is 2.33. The summed E-state index contributed by atoms with van der Waals surface area (Å²) in [5.74, 6) is -1.20. The smallest absolute Gasteiger partial charge is 0.314 e. The van der Waals surface area contributed by atoms with Crippen molar-refractivity contribution in [1.29, 1.82) is 0 Å². The summed E-state index contributed by atoms with van der Waals surface area (Å²) in [4.78, 5) is 21.9. The van der Waals surface area contributed by atoms with Gasteiger partial charge in [-0.2, -0.15) is 13.2 Å². The summed E-state index contributed by atoms with van der Waals surface area (Å²) in [5.41, 5.74) is 2.71. The number of anilines is 2. The number of alkyl halides is 3. The predicted molar refractivity (Wildman–Crippen MR) is 110 cm³/mol. The quantitative estimate of drug-likeness (QED) is 0.426. The zero-order valence-corrected chi connectivity index (χ0v) is 17.0. The Labute approximate surface area is 174 Å². The van der Waals surface area contributed by atoms with Crippen LogP contribution in [0.1, 0.15) is 24.0 Å². The number of benzene rings is 2. The van der Waals surface area contributed by atoms with Gasteiger partial charge in [0.1, 0.15) is 0 Å². The van der Waals surface area contributed by atoms with Crippen molar-refractivity contribution in [3.8, 4) is 0 Å². The second kappa shape index (κ2) is 7.56. The standard InChI is InChI=1S/C21H17F3N4OS/c1-13-6-5-7-16(10-13)28(14(2)29)20-25-15(12-30-20)11-27-18-9-4-3-8-17(18)26-19(27)21(22,23)24/h3-10,12H,11H2,1-2H3. The number of hydrogen-bond acceptors (Lipinski definition) is 4. The molecule has 0 aliphatic rings. The molecule has 4 rings (SSSR count). The van der Waals surface area contributed by atoms with Gasteiger partial charge in [0, 0.05) is 12.3 Å². The Morgan fingerprint density at radius 1 is 1.13 bits per heavy atom. The third-order valence-electron chi connectivity index (χ3n) is 4.53. The number of para-hydroxylation sites is 2. The zero-order chi connectivity index (χ0) is 21.5. The number of imidazole rings is 1. The Morgan fingerprint density at radius 3 is 2.60 bits per heavy atom. The van der Waals surface area contributed by atoms with Crippen LogP contribution >= 0.6 is 11.3 Å². The summed E-state index contributed by atoms with van der Waals surface area (Å²) in [6, 6.07) is 13.9. The van der Waals surface area contributed by atoms with Crippen molar-refractivity contribution in [2.75, 3.05) is 4.90 Å². The van der Waals surface area contributed by atoms with Crippen molar-refractivity contribution in [3.05, 3.63) is 71.0 Å². The molecule has 0 saturated carbocycles. The summed E-state index contributed by atoms with van der Waals surface area (Å²) in [7, 11) is 0. The molecule has 0 spiro atoms. The van der Waals surface area contributed by atoms with E-state index in [1.54, 1.807) is 35.7 Å². The van der Waals surface area contributed by atoms with Crippen LogP contribution in [-0.4, -0.2) is 20.4 Å². The van der Waals surface area contributed by atoms with Crippen molar-refractivity contribution in [2.45, 2.75) is 26.6 Å². The number of rotatable bonds is 4. The maximum Gasteiger partial charge on any atom is 0.449 e. The summed E-state index contributed by atoms with van der Waals surface area (Å²) >= 11 is 1.21. The number of nitrogens with zero attached hydrogens (tertiary/aromatic N) is 4. The molecule has 154 valence electrons. The maximum absolute atomic E-state index is 13.5. The highest BCUT2D eigenvalue weighted by atomic mass is 32.1. The fourth-order valence-corrected chi connectivity index (χ4v) is 4.16. The van der Waals surface area contributed by atoms with Crippen LogP contribution in [0.2, 0.25) is 0 Å². The van der Waals surface area contributed by atoms with Gasteiger partial charge in [-0.15, -0.1) is 11.3 Å². The summed E-state index contributed by atoms with van der Waals surface area (Å²) in [6.07, 6.45) is -4.59. The third-order valence-corrected chi connectivity index (χ3v) is 5.41.